The first-order valence-electron chi connectivity index (χ1n) is 11.1. The second kappa shape index (κ2) is 9.69. The number of hydrogen-bond donors (Lipinski definition) is 3. The van der Waals surface area contributed by atoms with Crippen molar-refractivity contribution in [2.24, 2.45) is 11.8 Å². The summed E-state index contributed by atoms with van der Waals surface area (Å²) in [5, 5.41) is 20.0. The lowest BCUT2D eigenvalue weighted by atomic mass is 9.81. The number of aryl methyl sites for hydroxylation is 1. The Morgan fingerprint density at radius 3 is 2.47 bits per heavy atom. The number of allylic oxidation sites excluding steroid dienone is 2. The Labute approximate surface area is 187 Å². The first-order valence-corrected chi connectivity index (χ1v) is 11.1. The molecule has 0 spiro atoms. The number of benzene rings is 1. The Hall–Kier alpha value is -3.60. The van der Waals surface area contributed by atoms with Crippen LogP contribution in [0.2, 0.25) is 0 Å². The van der Waals surface area contributed by atoms with Gasteiger partial charge in [-0.1, -0.05) is 30.4 Å². The molecule has 2 atom stereocenters. The van der Waals surface area contributed by atoms with Crippen molar-refractivity contribution in [1.82, 2.24) is 20.4 Å². The number of para-hydroxylation sites is 1. The molecule has 8 nitrogen and oxygen atoms in total. The maximum Gasteiger partial charge on any atom is 0.224 e. The van der Waals surface area contributed by atoms with Crippen LogP contribution in [0.5, 0.6) is 0 Å². The molecule has 1 fully saturated rings. The second-order valence-electron chi connectivity index (χ2n) is 8.40. The summed E-state index contributed by atoms with van der Waals surface area (Å²) in [4.78, 5) is 25.3. The normalized spacial score (nSPS) is 19.8. The van der Waals surface area contributed by atoms with Crippen LogP contribution < -0.4 is 16.4 Å². The molecule has 0 aliphatic heterocycles. The first kappa shape index (κ1) is 21.6. The maximum atomic E-state index is 12.8. The standard InChI is InChI=1S/C24H28N6O2/c25-15-20-21(29-30(22(20)26)17-7-2-1-3-8-17)11-6-14-27-23(31)18-9-4-5-10-19(18)24(32)28-16-12-13-16/h1-5,7-8,16,18-19H,6,9-14,26H2,(H,27,31)(H,28,32)/t18-,19+/m1/s1. The lowest BCUT2D eigenvalue weighted by Crippen LogP contribution is -2.43. The number of amides is 2. The largest absolute Gasteiger partial charge is 0.382 e. The van der Waals surface area contributed by atoms with Gasteiger partial charge in [0.05, 0.1) is 23.2 Å². The average molecular weight is 433 g/mol. The van der Waals surface area contributed by atoms with Gasteiger partial charge in [0.1, 0.15) is 17.5 Å². The molecule has 4 N–H and O–H groups in total. The molecule has 2 aromatic rings. The van der Waals surface area contributed by atoms with Crippen LogP contribution in [0.1, 0.15) is 43.4 Å². The van der Waals surface area contributed by atoms with E-state index >= 15 is 0 Å². The number of aromatic nitrogens is 2. The summed E-state index contributed by atoms with van der Waals surface area (Å²) in [5.74, 6) is -0.456. The predicted octanol–water partition coefficient (Wildman–Crippen LogP) is 2.24. The third-order valence-electron chi connectivity index (χ3n) is 6.03. The number of nitrogens with two attached hydrogens (primary N) is 1. The van der Waals surface area contributed by atoms with Crippen LogP contribution in [-0.4, -0.2) is 34.2 Å². The number of anilines is 1. The SMILES string of the molecule is N#Cc1c(CCCNC(=O)[C@@H]2CC=CC[C@@H]2C(=O)NC2CC2)nn(-c2ccccc2)c1N. The Morgan fingerprint density at radius 1 is 1.12 bits per heavy atom. The van der Waals surface area contributed by atoms with Gasteiger partial charge in [0.2, 0.25) is 11.8 Å². The van der Waals surface area contributed by atoms with Crippen molar-refractivity contribution in [3.8, 4) is 11.8 Å². The number of carbonyl (C=O) groups is 2. The molecule has 0 radical (unpaired) electrons. The van der Waals surface area contributed by atoms with Crippen LogP contribution >= 0.6 is 0 Å². The first-order chi connectivity index (χ1) is 15.6. The van der Waals surface area contributed by atoms with Gasteiger partial charge in [-0.3, -0.25) is 9.59 Å². The third-order valence-corrected chi connectivity index (χ3v) is 6.03. The Balaban J connectivity index is 1.33. The Kier molecular flexibility index (Phi) is 6.55. The molecular weight excluding hydrogens is 404 g/mol. The van der Waals surface area contributed by atoms with E-state index in [2.05, 4.69) is 21.8 Å². The molecule has 1 heterocycles. The van der Waals surface area contributed by atoms with E-state index in [0.29, 0.717) is 49.3 Å². The van der Waals surface area contributed by atoms with Crippen LogP contribution in [0.4, 0.5) is 5.82 Å². The fraction of sp³-hybridized carbons (Fsp3) is 0.417. The molecule has 2 aliphatic carbocycles. The zero-order valence-electron chi connectivity index (χ0n) is 18.0. The Morgan fingerprint density at radius 2 is 1.81 bits per heavy atom. The zero-order chi connectivity index (χ0) is 22.5. The topological polar surface area (TPSA) is 126 Å². The molecule has 32 heavy (non-hydrogen) atoms. The summed E-state index contributed by atoms with van der Waals surface area (Å²) < 4.78 is 1.57. The minimum Gasteiger partial charge on any atom is -0.382 e. The molecule has 1 aromatic heterocycles. The zero-order valence-corrected chi connectivity index (χ0v) is 18.0. The Bertz CT molecular complexity index is 1050. The monoisotopic (exact) mass is 432 g/mol. The van der Waals surface area contributed by atoms with E-state index in [1.807, 2.05) is 42.5 Å². The number of nitriles is 1. The summed E-state index contributed by atoms with van der Waals surface area (Å²) in [6, 6.07) is 11.9. The second-order valence-corrected chi connectivity index (χ2v) is 8.40. The van der Waals surface area contributed by atoms with Gasteiger partial charge >= 0.3 is 0 Å². The highest BCUT2D eigenvalue weighted by molar-refractivity contribution is 5.88. The number of carbonyl (C=O) groups excluding carboxylic acids is 2. The number of rotatable bonds is 8. The third kappa shape index (κ3) is 4.83. The summed E-state index contributed by atoms with van der Waals surface area (Å²) in [6.07, 6.45) is 8.32. The maximum absolute atomic E-state index is 12.8. The minimum absolute atomic E-state index is 0.0161. The molecule has 2 aliphatic rings. The molecule has 166 valence electrons. The van der Waals surface area contributed by atoms with Crippen molar-refractivity contribution >= 4 is 17.6 Å². The fourth-order valence-corrected chi connectivity index (χ4v) is 4.07. The van der Waals surface area contributed by atoms with Gasteiger partial charge in [0, 0.05) is 12.6 Å². The number of nitrogens with zero attached hydrogens (tertiary/aromatic N) is 3. The fourth-order valence-electron chi connectivity index (χ4n) is 4.07. The highest BCUT2D eigenvalue weighted by atomic mass is 16.2. The van der Waals surface area contributed by atoms with Gasteiger partial charge in [-0.05, 0) is 50.7 Å². The summed E-state index contributed by atoms with van der Waals surface area (Å²) in [6.45, 7) is 0.443. The van der Waals surface area contributed by atoms with Crippen molar-refractivity contribution in [1.29, 1.82) is 5.26 Å². The summed E-state index contributed by atoms with van der Waals surface area (Å²) in [5.41, 5.74) is 7.92. The minimum atomic E-state index is -0.346. The highest BCUT2D eigenvalue weighted by Crippen LogP contribution is 2.28. The lowest BCUT2D eigenvalue weighted by molar-refractivity contribution is -0.135. The van der Waals surface area contributed by atoms with Crippen LogP contribution in [-0.2, 0) is 16.0 Å². The van der Waals surface area contributed by atoms with Gasteiger partial charge in [0.15, 0.2) is 0 Å². The highest BCUT2D eigenvalue weighted by Gasteiger charge is 2.36. The van der Waals surface area contributed by atoms with Crippen LogP contribution in [0, 0.1) is 23.2 Å². The van der Waals surface area contributed by atoms with E-state index in [1.165, 1.54) is 0 Å². The van der Waals surface area contributed by atoms with Gasteiger partial charge in [-0.15, -0.1) is 0 Å². The van der Waals surface area contributed by atoms with Crippen LogP contribution in [0.25, 0.3) is 5.69 Å². The van der Waals surface area contributed by atoms with E-state index in [4.69, 9.17) is 5.73 Å². The van der Waals surface area contributed by atoms with Crippen LogP contribution in [0.3, 0.4) is 0 Å². The van der Waals surface area contributed by atoms with E-state index in [-0.39, 0.29) is 29.7 Å². The smallest absolute Gasteiger partial charge is 0.224 e. The summed E-state index contributed by atoms with van der Waals surface area (Å²) in [7, 11) is 0. The van der Waals surface area contributed by atoms with E-state index < -0.39 is 0 Å². The molecule has 0 unspecified atom stereocenters. The van der Waals surface area contributed by atoms with Crippen molar-refractivity contribution in [2.45, 2.75) is 44.6 Å². The molecule has 1 aromatic carbocycles. The molecule has 8 heteroatoms. The van der Waals surface area contributed by atoms with E-state index in [0.717, 1.165) is 18.5 Å². The van der Waals surface area contributed by atoms with Gasteiger partial charge in [0.25, 0.3) is 0 Å². The van der Waals surface area contributed by atoms with Gasteiger partial charge in [-0.2, -0.15) is 10.4 Å². The lowest BCUT2D eigenvalue weighted by Gasteiger charge is -2.26. The number of nitrogen functional groups attached to an aromatic ring is 1. The quantitative estimate of drug-likeness (QED) is 0.436. The molecule has 4 rings (SSSR count). The molecule has 1 saturated carbocycles. The van der Waals surface area contributed by atoms with Crippen molar-refractivity contribution < 1.29 is 9.59 Å². The molecule has 0 bridgehead atoms. The number of nitrogens with one attached hydrogen (secondary N) is 2. The summed E-state index contributed by atoms with van der Waals surface area (Å²) >= 11 is 0. The van der Waals surface area contributed by atoms with Crippen LogP contribution in [0.15, 0.2) is 42.5 Å². The molecule has 0 saturated heterocycles. The van der Waals surface area contributed by atoms with Gasteiger partial charge < -0.3 is 16.4 Å². The molecular formula is C24H28N6O2. The average Bonchev–Trinajstić information content (AvgIpc) is 3.58. The van der Waals surface area contributed by atoms with Crippen molar-refractivity contribution in [3.05, 3.63) is 53.7 Å². The number of hydrogen-bond acceptors (Lipinski definition) is 5. The predicted molar refractivity (Wildman–Crippen MR) is 121 cm³/mol. The van der Waals surface area contributed by atoms with Crippen molar-refractivity contribution in [2.75, 3.05) is 12.3 Å². The molecule has 2 amide bonds. The van der Waals surface area contributed by atoms with Crippen molar-refractivity contribution in [3.63, 3.8) is 0 Å². The van der Waals surface area contributed by atoms with E-state index in [9.17, 15) is 14.9 Å². The van der Waals surface area contributed by atoms with Gasteiger partial charge in [-0.25, -0.2) is 4.68 Å². The van der Waals surface area contributed by atoms with E-state index in [1.54, 1.807) is 4.68 Å².